The van der Waals surface area contributed by atoms with Crippen molar-refractivity contribution in [2.75, 3.05) is 33.2 Å². The number of nitrogens with one attached hydrogen (secondary N) is 2. The van der Waals surface area contributed by atoms with Crippen LogP contribution in [0.1, 0.15) is 26.7 Å². The van der Waals surface area contributed by atoms with Crippen LogP contribution in [-0.4, -0.2) is 55.4 Å². The smallest absolute Gasteiger partial charge is 0.191 e. The van der Waals surface area contributed by atoms with Crippen molar-refractivity contribution in [2.45, 2.75) is 42.9 Å². The fourth-order valence-electron chi connectivity index (χ4n) is 2.78. The number of hydrogen-bond donors (Lipinski definition) is 2. The molecule has 1 fully saturated rings. The SMILES string of the molecule is CCNC(=NCC(C)Sc1ccccc1)NCC1CCCN1C.I. The van der Waals surface area contributed by atoms with Gasteiger partial charge >= 0.3 is 0 Å². The molecule has 0 aliphatic carbocycles. The monoisotopic (exact) mass is 462 g/mol. The first kappa shape index (κ1) is 21.6. The van der Waals surface area contributed by atoms with Gasteiger partial charge in [-0.15, -0.1) is 35.7 Å². The molecule has 4 nitrogen and oxygen atoms in total. The minimum absolute atomic E-state index is 0. The second-order valence-electron chi connectivity index (χ2n) is 6.12. The highest BCUT2D eigenvalue weighted by Crippen LogP contribution is 2.22. The molecule has 1 aromatic rings. The Hall–Kier alpha value is -0.470. The van der Waals surface area contributed by atoms with E-state index in [-0.39, 0.29) is 24.0 Å². The molecule has 1 aromatic carbocycles. The van der Waals surface area contributed by atoms with E-state index in [1.165, 1.54) is 24.3 Å². The number of guanidine groups is 1. The fraction of sp³-hybridized carbons (Fsp3) is 0.611. The second kappa shape index (κ2) is 12.0. The van der Waals surface area contributed by atoms with E-state index in [2.05, 4.69) is 66.8 Å². The molecular formula is C18H31IN4S. The van der Waals surface area contributed by atoms with Crippen LogP contribution in [0, 0.1) is 0 Å². The van der Waals surface area contributed by atoms with Gasteiger partial charge in [-0.3, -0.25) is 4.99 Å². The van der Waals surface area contributed by atoms with E-state index in [1.807, 2.05) is 11.8 Å². The molecule has 0 radical (unpaired) electrons. The maximum atomic E-state index is 4.75. The van der Waals surface area contributed by atoms with Crippen molar-refractivity contribution < 1.29 is 0 Å². The Kier molecular flexibility index (Phi) is 10.8. The van der Waals surface area contributed by atoms with Gasteiger partial charge in [-0.25, -0.2) is 0 Å². The van der Waals surface area contributed by atoms with E-state index in [0.29, 0.717) is 11.3 Å². The first-order valence-corrected chi connectivity index (χ1v) is 9.51. The van der Waals surface area contributed by atoms with Crippen molar-refractivity contribution in [1.29, 1.82) is 0 Å². The lowest BCUT2D eigenvalue weighted by atomic mass is 10.2. The Morgan fingerprint density at radius 3 is 2.71 bits per heavy atom. The highest BCUT2D eigenvalue weighted by Gasteiger charge is 2.20. The Morgan fingerprint density at radius 2 is 2.08 bits per heavy atom. The van der Waals surface area contributed by atoms with Crippen LogP contribution in [-0.2, 0) is 0 Å². The summed E-state index contributed by atoms with van der Waals surface area (Å²) in [5.74, 6) is 0.938. The zero-order chi connectivity index (χ0) is 16.5. The summed E-state index contributed by atoms with van der Waals surface area (Å²) < 4.78 is 0. The van der Waals surface area contributed by atoms with E-state index in [0.717, 1.165) is 25.6 Å². The molecule has 6 heteroatoms. The zero-order valence-corrected chi connectivity index (χ0v) is 18.1. The number of benzene rings is 1. The molecule has 2 unspecified atom stereocenters. The van der Waals surface area contributed by atoms with Crippen LogP contribution in [0.2, 0.25) is 0 Å². The van der Waals surface area contributed by atoms with Gasteiger partial charge in [-0.05, 0) is 45.5 Å². The van der Waals surface area contributed by atoms with Crippen LogP contribution in [0.5, 0.6) is 0 Å². The average molecular weight is 462 g/mol. The molecule has 0 amide bonds. The quantitative estimate of drug-likeness (QED) is 0.282. The van der Waals surface area contributed by atoms with Crippen molar-refractivity contribution in [1.82, 2.24) is 15.5 Å². The summed E-state index contributed by atoms with van der Waals surface area (Å²) in [6.07, 6.45) is 2.59. The summed E-state index contributed by atoms with van der Waals surface area (Å²) in [6.45, 7) is 8.24. The van der Waals surface area contributed by atoms with E-state index >= 15 is 0 Å². The molecule has 24 heavy (non-hydrogen) atoms. The summed E-state index contributed by atoms with van der Waals surface area (Å²) in [5, 5.41) is 7.31. The van der Waals surface area contributed by atoms with Crippen molar-refractivity contribution in [2.24, 2.45) is 4.99 Å². The van der Waals surface area contributed by atoms with Gasteiger partial charge < -0.3 is 15.5 Å². The second-order valence-corrected chi connectivity index (χ2v) is 7.63. The van der Waals surface area contributed by atoms with E-state index in [1.54, 1.807) is 0 Å². The van der Waals surface area contributed by atoms with Gasteiger partial charge in [0.05, 0.1) is 6.54 Å². The van der Waals surface area contributed by atoms with Crippen LogP contribution < -0.4 is 10.6 Å². The molecule has 0 bridgehead atoms. The number of aliphatic imine (C=N–C) groups is 1. The number of nitrogens with zero attached hydrogens (tertiary/aromatic N) is 2. The third-order valence-electron chi connectivity index (χ3n) is 4.11. The van der Waals surface area contributed by atoms with E-state index < -0.39 is 0 Å². The molecule has 1 aliphatic rings. The summed E-state index contributed by atoms with van der Waals surface area (Å²) in [7, 11) is 2.21. The molecule has 0 spiro atoms. The number of halogens is 1. The Bertz CT molecular complexity index is 483. The van der Waals surface area contributed by atoms with Crippen LogP contribution in [0.4, 0.5) is 0 Å². The summed E-state index contributed by atoms with van der Waals surface area (Å²) in [6, 6.07) is 11.2. The largest absolute Gasteiger partial charge is 0.357 e. The molecular weight excluding hydrogens is 431 g/mol. The highest BCUT2D eigenvalue weighted by molar-refractivity contribution is 14.0. The Labute approximate surface area is 168 Å². The minimum Gasteiger partial charge on any atom is -0.357 e. The number of likely N-dealkylation sites (N-methyl/N-ethyl adjacent to an activating group) is 1. The van der Waals surface area contributed by atoms with Gasteiger partial charge in [0.2, 0.25) is 0 Å². The maximum Gasteiger partial charge on any atom is 0.191 e. The van der Waals surface area contributed by atoms with Crippen LogP contribution >= 0.6 is 35.7 Å². The molecule has 1 saturated heterocycles. The number of thioether (sulfide) groups is 1. The van der Waals surface area contributed by atoms with E-state index in [9.17, 15) is 0 Å². The third kappa shape index (κ3) is 7.61. The first-order valence-electron chi connectivity index (χ1n) is 8.63. The fourth-order valence-corrected chi connectivity index (χ4v) is 3.71. The molecule has 1 heterocycles. The Balaban J connectivity index is 0.00000288. The highest BCUT2D eigenvalue weighted by atomic mass is 127. The van der Waals surface area contributed by atoms with Crippen LogP contribution in [0.25, 0.3) is 0 Å². The van der Waals surface area contributed by atoms with Crippen molar-refractivity contribution in [3.63, 3.8) is 0 Å². The summed E-state index contributed by atoms with van der Waals surface area (Å²) in [4.78, 5) is 8.49. The number of likely N-dealkylation sites (tertiary alicyclic amines) is 1. The first-order chi connectivity index (χ1) is 11.2. The van der Waals surface area contributed by atoms with Gasteiger partial charge in [0.25, 0.3) is 0 Å². The van der Waals surface area contributed by atoms with Gasteiger partial charge in [0.15, 0.2) is 5.96 Å². The van der Waals surface area contributed by atoms with Crippen molar-refractivity contribution >= 4 is 41.7 Å². The predicted octanol–water partition coefficient (Wildman–Crippen LogP) is 3.43. The maximum absolute atomic E-state index is 4.75. The normalized spacial score (nSPS) is 19.6. The molecule has 0 aromatic heterocycles. The third-order valence-corrected chi connectivity index (χ3v) is 5.20. The van der Waals surface area contributed by atoms with Crippen LogP contribution in [0.3, 0.4) is 0 Å². The van der Waals surface area contributed by atoms with Gasteiger partial charge in [-0.2, -0.15) is 0 Å². The lowest BCUT2D eigenvalue weighted by molar-refractivity contribution is 0.309. The molecule has 0 saturated carbocycles. The number of hydrogen-bond acceptors (Lipinski definition) is 3. The average Bonchev–Trinajstić information content (AvgIpc) is 2.96. The Morgan fingerprint density at radius 1 is 1.33 bits per heavy atom. The van der Waals surface area contributed by atoms with E-state index in [4.69, 9.17) is 4.99 Å². The predicted molar refractivity (Wildman–Crippen MR) is 117 cm³/mol. The molecule has 1 aliphatic heterocycles. The lowest BCUT2D eigenvalue weighted by Gasteiger charge is -2.21. The van der Waals surface area contributed by atoms with Gasteiger partial charge in [0.1, 0.15) is 0 Å². The molecule has 2 atom stereocenters. The minimum atomic E-state index is 0. The van der Waals surface area contributed by atoms with Crippen molar-refractivity contribution in [3.05, 3.63) is 30.3 Å². The molecule has 2 rings (SSSR count). The topological polar surface area (TPSA) is 39.7 Å². The van der Waals surface area contributed by atoms with Gasteiger partial charge in [0, 0.05) is 29.3 Å². The molecule has 136 valence electrons. The standard InChI is InChI=1S/C18H30N4S.HI/c1-4-19-18(21-14-16-9-8-12-22(16)3)20-13-15(2)23-17-10-6-5-7-11-17;/h5-7,10-11,15-16H,4,8-9,12-14H2,1-3H3,(H2,19,20,21);1H. The zero-order valence-electron chi connectivity index (χ0n) is 15.0. The van der Waals surface area contributed by atoms with Gasteiger partial charge in [-0.1, -0.05) is 25.1 Å². The number of rotatable bonds is 7. The van der Waals surface area contributed by atoms with Crippen molar-refractivity contribution in [3.8, 4) is 0 Å². The molecule has 2 N–H and O–H groups in total. The summed E-state index contributed by atoms with van der Waals surface area (Å²) in [5.41, 5.74) is 0. The lowest BCUT2D eigenvalue weighted by Crippen LogP contribution is -2.44. The summed E-state index contributed by atoms with van der Waals surface area (Å²) >= 11 is 1.88. The van der Waals surface area contributed by atoms with Crippen LogP contribution in [0.15, 0.2) is 40.2 Å².